The third-order valence-corrected chi connectivity index (χ3v) is 3.60. The SMILES string of the molecule is O=c1cc[nH]cc1S(=O)(=O)Nc1ccc(O)cc1. The number of benzene rings is 1. The number of phenols is 1. The summed E-state index contributed by atoms with van der Waals surface area (Å²) in [5.41, 5.74) is -0.337. The number of sulfonamides is 1. The Kier molecular flexibility index (Phi) is 3.07. The highest BCUT2D eigenvalue weighted by Crippen LogP contribution is 2.16. The molecule has 0 aliphatic rings. The maximum Gasteiger partial charge on any atom is 0.267 e. The molecule has 0 spiro atoms. The topological polar surface area (TPSA) is 99.3 Å². The Morgan fingerprint density at radius 1 is 1.11 bits per heavy atom. The molecule has 6 nitrogen and oxygen atoms in total. The van der Waals surface area contributed by atoms with Gasteiger partial charge in [0.05, 0.1) is 0 Å². The van der Waals surface area contributed by atoms with Crippen LogP contribution in [0.4, 0.5) is 5.69 Å². The second-order valence-electron chi connectivity index (χ2n) is 3.53. The third-order valence-electron chi connectivity index (χ3n) is 2.20. The van der Waals surface area contributed by atoms with Gasteiger partial charge >= 0.3 is 0 Å². The molecule has 94 valence electrons. The van der Waals surface area contributed by atoms with Crippen molar-refractivity contribution in [1.82, 2.24) is 4.98 Å². The van der Waals surface area contributed by atoms with E-state index in [-0.39, 0.29) is 16.3 Å². The maximum atomic E-state index is 11.9. The molecule has 0 bridgehead atoms. The number of aromatic nitrogens is 1. The van der Waals surface area contributed by atoms with E-state index < -0.39 is 15.5 Å². The van der Waals surface area contributed by atoms with Crippen molar-refractivity contribution < 1.29 is 13.5 Å². The van der Waals surface area contributed by atoms with Gasteiger partial charge in [-0.15, -0.1) is 0 Å². The lowest BCUT2D eigenvalue weighted by Crippen LogP contribution is -2.20. The zero-order chi connectivity index (χ0) is 13.2. The van der Waals surface area contributed by atoms with E-state index in [2.05, 4.69) is 9.71 Å². The minimum absolute atomic E-state index is 0.0236. The summed E-state index contributed by atoms with van der Waals surface area (Å²) in [6, 6.07) is 6.60. The number of H-pyrrole nitrogens is 1. The van der Waals surface area contributed by atoms with Gasteiger partial charge in [-0.1, -0.05) is 0 Å². The summed E-state index contributed by atoms with van der Waals surface area (Å²) in [6.07, 6.45) is 2.47. The average Bonchev–Trinajstić information content (AvgIpc) is 2.32. The van der Waals surface area contributed by atoms with Gasteiger partial charge in [0.1, 0.15) is 5.75 Å². The number of anilines is 1. The Labute approximate surface area is 103 Å². The fourth-order valence-electron chi connectivity index (χ4n) is 1.35. The van der Waals surface area contributed by atoms with Gasteiger partial charge in [-0.3, -0.25) is 9.52 Å². The highest BCUT2D eigenvalue weighted by atomic mass is 32.2. The molecule has 0 fully saturated rings. The minimum atomic E-state index is -3.93. The molecule has 0 aliphatic carbocycles. The summed E-state index contributed by atoms with van der Waals surface area (Å²) in [5, 5.41) is 9.08. The van der Waals surface area contributed by atoms with Gasteiger partial charge in [0.25, 0.3) is 10.0 Å². The van der Waals surface area contributed by atoms with E-state index in [1.54, 1.807) is 0 Å². The van der Waals surface area contributed by atoms with E-state index in [0.717, 1.165) is 12.3 Å². The van der Waals surface area contributed by atoms with Crippen LogP contribution < -0.4 is 10.2 Å². The largest absolute Gasteiger partial charge is 0.508 e. The van der Waals surface area contributed by atoms with Gasteiger partial charge in [-0.2, -0.15) is 0 Å². The number of aromatic hydroxyl groups is 1. The van der Waals surface area contributed by atoms with Crippen LogP contribution in [0.15, 0.2) is 52.4 Å². The minimum Gasteiger partial charge on any atom is -0.508 e. The van der Waals surface area contributed by atoms with Crippen LogP contribution in [0.3, 0.4) is 0 Å². The molecule has 0 saturated carbocycles. The number of nitrogens with one attached hydrogen (secondary N) is 2. The Bertz CT molecular complexity index is 704. The lowest BCUT2D eigenvalue weighted by Gasteiger charge is -2.07. The van der Waals surface area contributed by atoms with E-state index in [1.807, 2.05) is 0 Å². The van der Waals surface area contributed by atoms with Crippen molar-refractivity contribution in [2.75, 3.05) is 4.72 Å². The number of phenolic OH excluding ortho intramolecular Hbond substituents is 1. The molecule has 7 heteroatoms. The fraction of sp³-hybridized carbons (Fsp3) is 0. The van der Waals surface area contributed by atoms with E-state index in [0.29, 0.717) is 0 Å². The zero-order valence-corrected chi connectivity index (χ0v) is 9.94. The number of aromatic amines is 1. The predicted molar refractivity (Wildman–Crippen MR) is 66.0 cm³/mol. The summed E-state index contributed by atoms with van der Waals surface area (Å²) in [5.74, 6) is 0.0236. The van der Waals surface area contributed by atoms with Crippen molar-refractivity contribution in [3.8, 4) is 5.75 Å². The molecule has 1 aromatic carbocycles. The first-order chi connectivity index (χ1) is 8.49. The van der Waals surface area contributed by atoms with Crippen LogP contribution in [0, 0.1) is 0 Å². The quantitative estimate of drug-likeness (QED) is 0.718. The van der Waals surface area contributed by atoms with Gasteiger partial charge < -0.3 is 10.1 Å². The van der Waals surface area contributed by atoms with E-state index in [4.69, 9.17) is 5.11 Å². The standard InChI is InChI=1S/C11H10N2O4S/c14-9-3-1-8(2-4-9)13-18(16,17)11-7-12-6-5-10(11)15/h1-7,13-14H,(H,12,15). The molecule has 1 heterocycles. The van der Waals surface area contributed by atoms with E-state index >= 15 is 0 Å². The van der Waals surface area contributed by atoms with Crippen molar-refractivity contribution >= 4 is 15.7 Å². The lowest BCUT2D eigenvalue weighted by molar-refractivity contribution is 0.475. The molecule has 2 aromatic rings. The van der Waals surface area contributed by atoms with Gasteiger partial charge in [-0.05, 0) is 24.3 Å². The lowest BCUT2D eigenvalue weighted by atomic mass is 10.3. The summed E-state index contributed by atoms with van der Waals surface area (Å²) in [6.45, 7) is 0. The van der Waals surface area contributed by atoms with Gasteiger partial charge in [0.2, 0.25) is 5.43 Å². The van der Waals surface area contributed by atoms with Crippen LogP contribution in [0.5, 0.6) is 5.75 Å². The van der Waals surface area contributed by atoms with Crippen molar-refractivity contribution in [2.45, 2.75) is 4.90 Å². The fourth-order valence-corrected chi connectivity index (χ4v) is 2.46. The third kappa shape index (κ3) is 2.51. The molecule has 2 rings (SSSR count). The molecule has 0 atom stereocenters. The van der Waals surface area contributed by atoms with Crippen molar-refractivity contribution in [3.05, 3.63) is 52.9 Å². The first-order valence-electron chi connectivity index (χ1n) is 4.98. The van der Waals surface area contributed by atoms with Crippen LogP contribution in [0.2, 0.25) is 0 Å². The Morgan fingerprint density at radius 3 is 2.39 bits per heavy atom. The summed E-state index contributed by atoms with van der Waals surface area (Å²) < 4.78 is 26.1. The molecule has 1 aromatic heterocycles. The predicted octanol–water partition coefficient (Wildman–Crippen LogP) is 0.881. The van der Waals surface area contributed by atoms with E-state index in [1.165, 1.54) is 30.5 Å². The molecule has 18 heavy (non-hydrogen) atoms. The van der Waals surface area contributed by atoms with Crippen molar-refractivity contribution in [3.63, 3.8) is 0 Å². The van der Waals surface area contributed by atoms with Crippen molar-refractivity contribution in [1.29, 1.82) is 0 Å². The highest BCUT2D eigenvalue weighted by molar-refractivity contribution is 7.92. The Hall–Kier alpha value is -2.28. The average molecular weight is 266 g/mol. The molecule has 0 amide bonds. The molecule has 0 aliphatic heterocycles. The first-order valence-corrected chi connectivity index (χ1v) is 6.46. The number of hydrogen-bond donors (Lipinski definition) is 3. The normalized spacial score (nSPS) is 11.1. The number of rotatable bonds is 3. The van der Waals surface area contributed by atoms with E-state index in [9.17, 15) is 13.2 Å². The monoisotopic (exact) mass is 266 g/mol. The smallest absolute Gasteiger partial charge is 0.267 e. The van der Waals surface area contributed by atoms with Crippen molar-refractivity contribution in [2.24, 2.45) is 0 Å². The molecular weight excluding hydrogens is 256 g/mol. The van der Waals surface area contributed by atoms with Crippen LogP contribution in [0.25, 0.3) is 0 Å². The summed E-state index contributed by atoms with van der Waals surface area (Å²) in [4.78, 5) is 13.6. The molecular formula is C11H10N2O4S. The molecule has 3 N–H and O–H groups in total. The number of pyridine rings is 1. The first kappa shape index (κ1) is 12.2. The molecule has 0 unspecified atom stereocenters. The van der Waals surface area contributed by atoms with Gasteiger partial charge in [-0.25, -0.2) is 8.42 Å². The van der Waals surface area contributed by atoms with Gasteiger partial charge in [0.15, 0.2) is 4.90 Å². The van der Waals surface area contributed by atoms with Crippen LogP contribution in [0.1, 0.15) is 0 Å². The zero-order valence-electron chi connectivity index (χ0n) is 9.12. The van der Waals surface area contributed by atoms with Crippen LogP contribution >= 0.6 is 0 Å². The summed E-state index contributed by atoms with van der Waals surface area (Å²) >= 11 is 0. The molecule has 0 radical (unpaired) electrons. The summed E-state index contributed by atoms with van der Waals surface area (Å²) in [7, 11) is -3.93. The highest BCUT2D eigenvalue weighted by Gasteiger charge is 2.17. The maximum absolute atomic E-state index is 11.9. The second kappa shape index (κ2) is 4.53. The van der Waals surface area contributed by atoms with Crippen LogP contribution in [-0.4, -0.2) is 18.5 Å². The number of hydrogen-bond acceptors (Lipinski definition) is 4. The van der Waals surface area contributed by atoms with Gasteiger partial charge in [0, 0.05) is 24.1 Å². The molecule has 0 saturated heterocycles. The second-order valence-corrected chi connectivity index (χ2v) is 5.18. The van der Waals surface area contributed by atoms with Crippen LogP contribution in [-0.2, 0) is 10.0 Å². The Balaban J connectivity index is 2.36. The Morgan fingerprint density at radius 2 is 1.78 bits per heavy atom.